The molecule has 0 amide bonds. The molecule has 14 aromatic rings. The molecule has 16 rings (SSSR count). The van der Waals surface area contributed by atoms with E-state index in [9.17, 15) is 5.26 Å². The van der Waals surface area contributed by atoms with Crippen molar-refractivity contribution in [2.75, 3.05) is 4.90 Å². The molecule has 79 heavy (non-hydrogen) atoms. The number of nitriles is 1. The number of furan rings is 1. The van der Waals surface area contributed by atoms with E-state index >= 15 is 0 Å². The van der Waals surface area contributed by atoms with Crippen LogP contribution in [0.3, 0.4) is 0 Å². The number of aromatic nitrogens is 1. The van der Waals surface area contributed by atoms with Crippen LogP contribution in [0.4, 0.5) is 17.1 Å². The number of nitrogens with zero attached hydrogens (tertiary/aromatic N) is 3. The van der Waals surface area contributed by atoms with Crippen LogP contribution in [-0.2, 0) is 0 Å². The Morgan fingerprint density at radius 3 is 1.73 bits per heavy atom. The molecular formula is C73H44BN3OSe. The molecule has 0 unspecified atom stereocenters. The number of fused-ring (bicyclic) bond motifs is 11. The molecule has 0 bridgehead atoms. The van der Waals surface area contributed by atoms with Crippen LogP contribution in [0.25, 0.3) is 105 Å². The quantitative estimate of drug-likeness (QED) is 0.149. The van der Waals surface area contributed by atoms with Gasteiger partial charge in [-0.1, -0.05) is 0 Å². The Balaban J connectivity index is 1.03. The van der Waals surface area contributed by atoms with Gasteiger partial charge >= 0.3 is 455 Å². The molecule has 366 valence electrons. The maximum atomic E-state index is 10.1. The van der Waals surface area contributed by atoms with Crippen molar-refractivity contribution in [2.45, 2.75) is 0 Å². The van der Waals surface area contributed by atoms with E-state index in [0.29, 0.717) is 5.56 Å². The SMILES string of the molecule is N#Cc1ccc2c(c1)c1ccccc1n2-c1ccc2c(c1)N(c1c(-c3ccccc3)cccc1-c1ccccc1)c1cc(-c3cccc(-c4ccccc4)c3)cc3c1B2c1ccc2c(oc4cccc(-c5ccccc5)c42)c1[Se]3. The summed E-state index contributed by atoms with van der Waals surface area (Å²) >= 11 is -0.168. The summed E-state index contributed by atoms with van der Waals surface area (Å²) in [5.74, 6) is 0. The third-order valence-corrected chi connectivity index (χ3v) is 18.7. The van der Waals surface area contributed by atoms with E-state index in [2.05, 4.69) is 270 Å². The van der Waals surface area contributed by atoms with Crippen molar-refractivity contribution >= 4 is 108 Å². The number of anilines is 3. The van der Waals surface area contributed by atoms with Crippen LogP contribution < -0.4 is 30.2 Å². The molecular weight excluding hydrogens is 1020 g/mol. The summed E-state index contributed by atoms with van der Waals surface area (Å²) in [4.78, 5) is 2.62. The Morgan fingerprint density at radius 2 is 1.01 bits per heavy atom. The first-order valence-corrected chi connectivity index (χ1v) is 28.5. The summed E-state index contributed by atoms with van der Waals surface area (Å²) in [7, 11) is 0. The van der Waals surface area contributed by atoms with Crippen molar-refractivity contribution in [2.24, 2.45) is 0 Å². The molecule has 12 aromatic carbocycles. The zero-order chi connectivity index (χ0) is 52.1. The van der Waals surface area contributed by atoms with Gasteiger partial charge in [-0.15, -0.1) is 0 Å². The average molecular weight is 1070 g/mol. The van der Waals surface area contributed by atoms with Crippen LogP contribution >= 0.6 is 0 Å². The van der Waals surface area contributed by atoms with Crippen LogP contribution in [0.15, 0.2) is 271 Å². The Hall–Kier alpha value is -9.89. The van der Waals surface area contributed by atoms with Crippen LogP contribution in [0.5, 0.6) is 0 Å². The van der Waals surface area contributed by atoms with Gasteiger partial charge in [0.25, 0.3) is 0 Å². The summed E-state index contributed by atoms with van der Waals surface area (Å²) in [6.45, 7) is -0.118. The fourth-order valence-corrected chi connectivity index (χ4v) is 15.5. The van der Waals surface area contributed by atoms with Gasteiger partial charge in [0.2, 0.25) is 0 Å². The predicted molar refractivity (Wildman–Crippen MR) is 331 cm³/mol. The average Bonchev–Trinajstić information content (AvgIpc) is 4.11. The number of rotatable bonds is 7. The third-order valence-electron chi connectivity index (χ3n) is 16.3. The third kappa shape index (κ3) is 7.15. The first kappa shape index (κ1) is 45.3. The number of hydrogen-bond acceptors (Lipinski definition) is 3. The normalized spacial score (nSPS) is 12.4. The molecule has 6 heteroatoms. The monoisotopic (exact) mass is 1070 g/mol. The summed E-state index contributed by atoms with van der Waals surface area (Å²) in [6.07, 6.45) is 0. The molecule has 0 fully saturated rings. The Kier molecular flexibility index (Phi) is 10.4. The summed E-state index contributed by atoms with van der Waals surface area (Å²) in [5.41, 5.74) is 24.5. The Labute approximate surface area is 463 Å². The second-order valence-corrected chi connectivity index (χ2v) is 22.8. The fraction of sp³-hybridized carbons (Fsp3) is 0. The van der Waals surface area contributed by atoms with Crippen LogP contribution in [0.1, 0.15) is 5.56 Å². The van der Waals surface area contributed by atoms with E-state index in [4.69, 9.17) is 4.42 Å². The van der Waals surface area contributed by atoms with Crippen molar-refractivity contribution in [3.63, 3.8) is 0 Å². The minimum atomic E-state index is -0.168. The molecule has 0 saturated carbocycles. The van der Waals surface area contributed by atoms with Crippen LogP contribution in [0.2, 0.25) is 0 Å². The summed E-state index contributed by atoms with van der Waals surface area (Å²) in [5, 5.41) is 14.6. The van der Waals surface area contributed by atoms with Crippen LogP contribution in [0, 0.1) is 11.3 Å². The molecule has 2 aliphatic rings. The number of para-hydroxylation sites is 2. The molecule has 0 saturated heterocycles. The second kappa shape index (κ2) is 18.1. The van der Waals surface area contributed by atoms with E-state index in [1.54, 1.807) is 0 Å². The zero-order valence-electron chi connectivity index (χ0n) is 42.6. The van der Waals surface area contributed by atoms with Crippen LogP contribution in [-0.4, -0.2) is 26.2 Å². The molecule has 2 aliphatic heterocycles. The van der Waals surface area contributed by atoms with Crippen molar-refractivity contribution in [3.8, 4) is 67.4 Å². The summed E-state index contributed by atoms with van der Waals surface area (Å²) in [6, 6.07) is 99.6. The van der Waals surface area contributed by atoms with Gasteiger partial charge in [-0.05, 0) is 0 Å². The molecule has 0 spiro atoms. The first-order chi connectivity index (χ1) is 39.1. The van der Waals surface area contributed by atoms with E-state index in [-0.39, 0.29) is 21.7 Å². The van der Waals surface area contributed by atoms with Crippen molar-refractivity contribution in [1.82, 2.24) is 4.57 Å². The van der Waals surface area contributed by atoms with Crippen molar-refractivity contribution in [3.05, 3.63) is 272 Å². The molecule has 0 atom stereocenters. The molecule has 4 heterocycles. The van der Waals surface area contributed by atoms with Gasteiger partial charge in [-0.2, -0.15) is 5.26 Å². The topological polar surface area (TPSA) is 45.1 Å². The van der Waals surface area contributed by atoms with Gasteiger partial charge in [-0.3, -0.25) is 0 Å². The van der Waals surface area contributed by atoms with Crippen molar-refractivity contribution in [1.29, 1.82) is 5.26 Å². The van der Waals surface area contributed by atoms with E-state index < -0.39 is 0 Å². The van der Waals surface area contributed by atoms with E-state index in [1.807, 2.05) is 12.1 Å². The van der Waals surface area contributed by atoms with E-state index in [0.717, 1.165) is 99.9 Å². The second-order valence-electron chi connectivity index (χ2n) is 20.6. The Morgan fingerprint density at radius 1 is 0.418 bits per heavy atom. The van der Waals surface area contributed by atoms with Gasteiger partial charge in [0, 0.05) is 0 Å². The van der Waals surface area contributed by atoms with Gasteiger partial charge in [0.1, 0.15) is 0 Å². The molecule has 0 aliphatic carbocycles. The minimum absolute atomic E-state index is 0.118. The van der Waals surface area contributed by atoms with Gasteiger partial charge < -0.3 is 0 Å². The van der Waals surface area contributed by atoms with Crippen molar-refractivity contribution < 1.29 is 4.42 Å². The van der Waals surface area contributed by atoms with Gasteiger partial charge in [0.15, 0.2) is 0 Å². The predicted octanol–water partition coefficient (Wildman–Crippen LogP) is 15.2. The van der Waals surface area contributed by atoms with Gasteiger partial charge in [0.05, 0.1) is 6.07 Å². The fourth-order valence-electron chi connectivity index (χ4n) is 12.8. The number of hydrogen-bond donors (Lipinski definition) is 0. The summed E-state index contributed by atoms with van der Waals surface area (Å²) < 4.78 is 12.2. The molecule has 0 N–H and O–H groups in total. The first-order valence-electron chi connectivity index (χ1n) is 26.8. The molecule has 0 radical (unpaired) electrons. The molecule has 2 aromatic heterocycles. The zero-order valence-corrected chi connectivity index (χ0v) is 44.4. The number of benzene rings is 12. The standard InChI is InChI=1S/C73H44BN3OSe/c75-45-46-34-39-64-60(40-46)58-28-13-14-32-63(58)76(64)54-35-37-61-65(44-54)77(71-56(49-22-9-3-10-23-49)30-16-31-57(71)50-24-11-4-12-25-50)66-42-53(52-27-15-26-51(41-52)47-18-5-1-6-19-47)43-68-70(66)74(61)62-38-36-59-69-55(48-20-7-2-8-21-48)29-17-33-67(69)78-72(59)73(62)79-68/h1-44H. The Bertz CT molecular complexity index is 4770. The maximum absolute atomic E-state index is 10.1. The van der Waals surface area contributed by atoms with E-state index in [1.165, 1.54) is 47.6 Å². The van der Waals surface area contributed by atoms with Gasteiger partial charge in [-0.25, -0.2) is 0 Å². The molecule has 4 nitrogen and oxygen atoms in total.